The Morgan fingerprint density at radius 3 is 2.74 bits per heavy atom. The lowest BCUT2D eigenvalue weighted by molar-refractivity contribution is -0.384. The quantitative estimate of drug-likeness (QED) is 0.620. The van der Waals surface area contributed by atoms with Crippen molar-refractivity contribution in [2.24, 2.45) is 5.41 Å². The predicted molar refractivity (Wildman–Crippen MR) is 83.4 cm³/mol. The maximum Gasteiger partial charge on any atom is 0.294 e. The molecule has 122 valence electrons. The molecule has 0 atom stereocenters. The Labute approximate surface area is 132 Å². The third kappa shape index (κ3) is 3.92. The Morgan fingerprint density at radius 1 is 1.39 bits per heavy atom. The Hall–Kier alpha value is -2.74. The van der Waals surface area contributed by atoms with Gasteiger partial charge in [-0.2, -0.15) is 5.10 Å². The van der Waals surface area contributed by atoms with Crippen LogP contribution in [0, 0.1) is 15.5 Å². The van der Waals surface area contributed by atoms with Crippen LogP contribution >= 0.6 is 0 Å². The summed E-state index contributed by atoms with van der Waals surface area (Å²) in [7, 11) is 0. The molecule has 0 saturated heterocycles. The summed E-state index contributed by atoms with van der Waals surface area (Å²) in [5.74, 6) is -0.399. The average Bonchev–Trinajstić information content (AvgIpc) is 3.02. The number of benzene rings is 1. The van der Waals surface area contributed by atoms with Crippen molar-refractivity contribution >= 4 is 11.6 Å². The fraction of sp³-hybridized carbons (Fsp3) is 0.333. The first kappa shape index (κ1) is 16.6. The molecule has 1 heterocycles. The maximum atomic E-state index is 12.1. The lowest BCUT2D eigenvalue weighted by Gasteiger charge is -2.21. The molecule has 0 aliphatic heterocycles. The zero-order chi connectivity index (χ0) is 17.0. The summed E-state index contributed by atoms with van der Waals surface area (Å²) in [6, 6.07) is 7.64. The molecule has 23 heavy (non-hydrogen) atoms. The van der Waals surface area contributed by atoms with Crippen LogP contribution in [0.2, 0.25) is 0 Å². The van der Waals surface area contributed by atoms with Crippen LogP contribution in [0.1, 0.15) is 24.3 Å². The van der Waals surface area contributed by atoms with Crippen LogP contribution in [0.25, 0.3) is 5.69 Å². The van der Waals surface area contributed by atoms with Gasteiger partial charge in [-0.25, -0.2) is 4.68 Å². The first-order valence-electron chi connectivity index (χ1n) is 7.02. The highest BCUT2D eigenvalue weighted by atomic mass is 16.6. The SMILES string of the molecule is CC(C)(CO)CNC(=O)c1ccn(-c2ccccc2[N+](=O)[O-])n1. The number of hydrogen-bond acceptors (Lipinski definition) is 5. The average molecular weight is 318 g/mol. The van der Waals surface area contributed by atoms with E-state index in [1.165, 1.54) is 23.0 Å². The zero-order valence-corrected chi connectivity index (χ0v) is 12.9. The van der Waals surface area contributed by atoms with Gasteiger partial charge in [-0.15, -0.1) is 0 Å². The summed E-state index contributed by atoms with van der Waals surface area (Å²) < 4.78 is 1.30. The van der Waals surface area contributed by atoms with Crippen LogP contribution in [0.5, 0.6) is 0 Å². The number of hydrogen-bond donors (Lipinski definition) is 2. The number of aliphatic hydroxyl groups excluding tert-OH is 1. The van der Waals surface area contributed by atoms with Crippen molar-refractivity contribution in [1.82, 2.24) is 15.1 Å². The number of carbonyl (C=O) groups excluding carboxylic acids is 1. The fourth-order valence-electron chi connectivity index (χ4n) is 1.86. The number of nitro benzene ring substituents is 1. The summed E-state index contributed by atoms with van der Waals surface area (Å²) in [6.07, 6.45) is 1.49. The van der Waals surface area contributed by atoms with E-state index in [0.29, 0.717) is 6.54 Å². The molecule has 0 bridgehead atoms. The lowest BCUT2D eigenvalue weighted by Crippen LogP contribution is -2.36. The normalized spacial score (nSPS) is 11.3. The summed E-state index contributed by atoms with van der Waals surface area (Å²) in [5.41, 5.74) is -0.0933. The second-order valence-electron chi connectivity index (χ2n) is 5.90. The highest BCUT2D eigenvalue weighted by molar-refractivity contribution is 5.92. The number of para-hydroxylation sites is 2. The monoisotopic (exact) mass is 318 g/mol. The van der Waals surface area contributed by atoms with Crippen LogP contribution in [-0.2, 0) is 0 Å². The number of amides is 1. The molecule has 2 rings (SSSR count). The Bertz CT molecular complexity index is 724. The zero-order valence-electron chi connectivity index (χ0n) is 12.9. The van der Waals surface area contributed by atoms with Crippen LogP contribution in [0.3, 0.4) is 0 Å². The standard InChI is InChI=1S/C15H18N4O4/c1-15(2,10-20)9-16-14(21)11-7-8-18(17-11)12-5-3-4-6-13(12)19(22)23/h3-8,20H,9-10H2,1-2H3,(H,16,21). The minimum absolute atomic E-state index is 0.0576. The van der Waals surface area contributed by atoms with Crippen LogP contribution < -0.4 is 5.32 Å². The van der Waals surface area contributed by atoms with Crippen molar-refractivity contribution in [2.75, 3.05) is 13.2 Å². The second kappa shape index (κ2) is 6.57. The van der Waals surface area contributed by atoms with E-state index in [-0.39, 0.29) is 23.7 Å². The molecule has 2 aromatic rings. The third-order valence-corrected chi connectivity index (χ3v) is 3.30. The second-order valence-corrected chi connectivity index (χ2v) is 5.90. The van der Waals surface area contributed by atoms with Crippen LogP contribution in [0.4, 0.5) is 5.69 Å². The lowest BCUT2D eigenvalue weighted by atomic mass is 9.95. The highest BCUT2D eigenvalue weighted by Crippen LogP contribution is 2.21. The van der Waals surface area contributed by atoms with Gasteiger partial charge in [0.1, 0.15) is 5.69 Å². The van der Waals surface area contributed by atoms with Crippen molar-refractivity contribution in [1.29, 1.82) is 0 Å². The summed E-state index contributed by atoms with van der Waals surface area (Å²) in [5, 5.41) is 27.0. The van der Waals surface area contributed by atoms with Gasteiger partial charge >= 0.3 is 0 Å². The summed E-state index contributed by atoms with van der Waals surface area (Å²) in [4.78, 5) is 22.6. The predicted octanol–water partition coefficient (Wildman–Crippen LogP) is 1.53. The van der Waals surface area contributed by atoms with E-state index in [1.54, 1.807) is 18.2 Å². The van der Waals surface area contributed by atoms with Crippen molar-refractivity contribution in [2.45, 2.75) is 13.8 Å². The number of nitro groups is 1. The van der Waals surface area contributed by atoms with Crippen molar-refractivity contribution < 1.29 is 14.8 Å². The minimum Gasteiger partial charge on any atom is -0.396 e. The molecule has 8 heteroatoms. The molecular weight excluding hydrogens is 300 g/mol. The van der Waals surface area contributed by atoms with Gasteiger partial charge in [-0.05, 0) is 12.1 Å². The Kier molecular flexibility index (Phi) is 4.75. The molecule has 1 amide bonds. The van der Waals surface area contributed by atoms with Crippen LogP contribution in [0.15, 0.2) is 36.5 Å². The van der Waals surface area contributed by atoms with Crippen molar-refractivity contribution in [3.05, 3.63) is 52.3 Å². The molecular formula is C15H18N4O4. The number of nitrogens with one attached hydrogen (secondary N) is 1. The topological polar surface area (TPSA) is 110 Å². The molecule has 1 aromatic carbocycles. The number of carbonyl (C=O) groups is 1. The highest BCUT2D eigenvalue weighted by Gasteiger charge is 2.20. The molecule has 2 N–H and O–H groups in total. The largest absolute Gasteiger partial charge is 0.396 e. The molecule has 0 aliphatic carbocycles. The minimum atomic E-state index is -0.499. The number of nitrogens with zero attached hydrogens (tertiary/aromatic N) is 3. The van der Waals surface area contributed by atoms with E-state index in [1.807, 2.05) is 13.8 Å². The van der Waals surface area contributed by atoms with E-state index in [0.717, 1.165) is 0 Å². The van der Waals surface area contributed by atoms with Gasteiger partial charge in [0, 0.05) is 30.8 Å². The number of aliphatic hydroxyl groups is 1. The van der Waals surface area contributed by atoms with Gasteiger partial charge in [0.2, 0.25) is 0 Å². The van der Waals surface area contributed by atoms with Gasteiger partial charge in [0.15, 0.2) is 5.69 Å². The van der Waals surface area contributed by atoms with Gasteiger partial charge in [-0.3, -0.25) is 14.9 Å². The number of aromatic nitrogens is 2. The molecule has 0 radical (unpaired) electrons. The summed E-state index contributed by atoms with van der Waals surface area (Å²) in [6.45, 7) is 3.87. The Morgan fingerprint density at radius 2 is 2.09 bits per heavy atom. The maximum absolute atomic E-state index is 12.1. The molecule has 0 unspecified atom stereocenters. The Balaban J connectivity index is 2.18. The molecule has 1 aromatic heterocycles. The molecule has 0 saturated carbocycles. The first-order chi connectivity index (χ1) is 10.8. The molecule has 8 nitrogen and oxygen atoms in total. The van der Waals surface area contributed by atoms with Crippen LogP contribution in [-0.4, -0.2) is 38.9 Å². The summed E-state index contributed by atoms with van der Waals surface area (Å²) >= 11 is 0. The van der Waals surface area contributed by atoms with E-state index < -0.39 is 16.2 Å². The van der Waals surface area contributed by atoms with E-state index in [2.05, 4.69) is 10.4 Å². The van der Waals surface area contributed by atoms with Gasteiger partial charge in [0.25, 0.3) is 11.6 Å². The van der Waals surface area contributed by atoms with Crippen molar-refractivity contribution in [3.8, 4) is 5.69 Å². The van der Waals surface area contributed by atoms with Gasteiger partial charge < -0.3 is 10.4 Å². The third-order valence-electron chi connectivity index (χ3n) is 3.30. The molecule has 0 spiro atoms. The molecule has 0 aliphatic rings. The van der Waals surface area contributed by atoms with E-state index >= 15 is 0 Å². The van der Waals surface area contributed by atoms with E-state index in [4.69, 9.17) is 0 Å². The van der Waals surface area contributed by atoms with E-state index in [9.17, 15) is 20.0 Å². The fourth-order valence-corrected chi connectivity index (χ4v) is 1.86. The first-order valence-corrected chi connectivity index (χ1v) is 7.02. The number of rotatable bonds is 6. The molecule has 0 fully saturated rings. The smallest absolute Gasteiger partial charge is 0.294 e. The van der Waals surface area contributed by atoms with Gasteiger partial charge in [0.05, 0.1) is 4.92 Å². The van der Waals surface area contributed by atoms with Gasteiger partial charge in [-0.1, -0.05) is 26.0 Å². The van der Waals surface area contributed by atoms with Crippen molar-refractivity contribution in [3.63, 3.8) is 0 Å².